The van der Waals surface area contributed by atoms with E-state index in [0.29, 0.717) is 13.0 Å². The summed E-state index contributed by atoms with van der Waals surface area (Å²) in [7, 11) is 3.22. The molecule has 1 aliphatic rings. The molecule has 0 spiro atoms. The van der Waals surface area contributed by atoms with E-state index in [4.69, 9.17) is 14.6 Å². The lowest BCUT2D eigenvalue weighted by atomic mass is 9.95. The number of carboxylic acids is 1. The maximum Gasteiger partial charge on any atom is 0.308 e. The number of carbonyl (C=O) groups excluding carboxylic acids is 1. The van der Waals surface area contributed by atoms with Crippen molar-refractivity contribution in [2.24, 2.45) is 11.8 Å². The standard InChI is InChI=1S/C16H21NO5/c1-10(16(19)20)8-17(2)15(18)12-6-11-7-13(21-3)4-5-14(11)22-9-12/h4-5,7,10,12H,6,8-9H2,1-3H3,(H,19,20). The van der Waals surface area contributed by atoms with E-state index in [1.165, 1.54) is 4.90 Å². The number of ether oxygens (including phenoxy) is 2. The summed E-state index contributed by atoms with van der Waals surface area (Å²) in [6.07, 6.45) is 0.567. The Morgan fingerprint density at radius 2 is 2.23 bits per heavy atom. The summed E-state index contributed by atoms with van der Waals surface area (Å²) in [5.74, 6) is -0.401. The summed E-state index contributed by atoms with van der Waals surface area (Å²) < 4.78 is 10.8. The first kappa shape index (κ1) is 16.1. The van der Waals surface area contributed by atoms with Crippen LogP contribution < -0.4 is 9.47 Å². The molecule has 1 aromatic rings. The van der Waals surface area contributed by atoms with Gasteiger partial charge in [-0.3, -0.25) is 9.59 Å². The number of carboxylic acid groups (broad SMARTS) is 1. The van der Waals surface area contributed by atoms with Crippen LogP contribution in [0.2, 0.25) is 0 Å². The molecular formula is C16H21NO5. The maximum atomic E-state index is 12.4. The molecule has 0 bridgehead atoms. The van der Waals surface area contributed by atoms with Crippen LogP contribution in [-0.2, 0) is 16.0 Å². The van der Waals surface area contributed by atoms with Crippen LogP contribution in [0.1, 0.15) is 12.5 Å². The highest BCUT2D eigenvalue weighted by Gasteiger charge is 2.29. The van der Waals surface area contributed by atoms with Crippen molar-refractivity contribution in [3.63, 3.8) is 0 Å². The quantitative estimate of drug-likeness (QED) is 0.890. The van der Waals surface area contributed by atoms with E-state index in [1.807, 2.05) is 18.2 Å². The highest BCUT2D eigenvalue weighted by molar-refractivity contribution is 5.80. The molecule has 1 heterocycles. The third kappa shape index (κ3) is 3.50. The zero-order chi connectivity index (χ0) is 16.3. The van der Waals surface area contributed by atoms with Gasteiger partial charge in [0.15, 0.2) is 0 Å². The van der Waals surface area contributed by atoms with Gasteiger partial charge in [-0.25, -0.2) is 0 Å². The number of hydrogen-bond acceptors (Lipinski definition) is 4. The fourth-order valence-corrected chi connectivity index (χ4v) is 2.55. The summed E-state index contributed by atoms with van der Waals surface area (Å²) in [6.45, 7) is 2.09. The number of methoxy groups -OCH3 is 1. The lowest BCUT2D eigenvalue weighted by Crippen LogP contribution is -2.41. The monoisotopic (exact) mass is 307 g/mol. The van der Waals surface area contributed by atoms with Crippen molar-refractivity contribution < 1.29 is 24.2 Å². The van der Waals surface area contributed by atoms with Gasteiger partial charge in [0, 0.05) is 13.6 Å². The average Bonchev–Trinajstić information content (AvgIpc) is 2.52. The summed E-state index contributed by atoms with van der Waals surface area (Å²) >= 11 is 0. The van der Waals surface area contributed by atoms with Crippen molar-refractivity contribution in [1.82, 2.24) is 4.90 Å². The predicted octanol–water partition coefficient (Wildman–Crippen LogP) is 1.43. The van der Waals surface area contributed by atoms with Gasteiger partial charge in [-0.2, -0.15) is 0 Å². The minimum atomic E-state index is -0.908. The molecule has 22 heavy (non-hydrogen) atoms. The van der Waals surface area contributed by atoms with Gasteiger partial charge in [-0.15, -0.1) is 0 Å². The van der Waals surface area contributed by atoms with Crippen LogP contribution in [0.25, 0.3) is 0 Å². The van der Waals surface area contributed by atoms with Gasteiger partial charge in [0.25, 0.3) is 0 Å². The van der Waals surface area contributed by atoms with Crippen molar-refractivity contribution >= 4 is 11.9 Å². The normalized spacial score (nSPS) is 17.9. The molecule has 2 rings (SSSR count). The number of benzene rings is 1. The van der Waals surface area contributed by atoms with Crippen LogP contribution in [0.5, 0.6) is 11.5 Å². The number of nitrogens with zero attached hydrogens (tertiary/aromatic N) is 1. The number of rotatable bonds is 5. The van der Waals surface area contributed by atoms with E-state index in [9.17, 15) is 9.59 Å². The fourth-order valence-electron chi connectivity index (χ4n) is 2.55. The smallest absolute Gasteiger partial charge is 0.308 e. The number of hydrogen-bond donors (Lipinski definition) is 1. The minimum absolute atomic E-state index is 0.0958. The van der Waals surface area contributed by atoms with E-state index in [2.05, 4.69) is 0 Å². The molecule has 2 atom stereocenters. The molecule has 2 unspecified atom stereocenters. The van der Waals surface area contributed by atoms with Crippen LogP contribution in [0.3, 0.4) is 0 Å². The van der Waals surface area contributed by atoms with Gasteiger partial charge in [-0.1, -0.05) is 6.92 Å². The summed E-state index contributed by atoms with van der Waals surface area (Å²) in [4.78, 5) is 24.8. The predicted molar refractivity (Wildman–Crippen MR) is 80.1 cm³/mol. The second-order valence-electron chi connectivity index (χ2n) is 5.64. The largest absolute Gasteiger partial charge is 0.497 e. The SMILES string of the molecule is COc1ccc2c(c1)CC(C(=O)N(C)CC(C)C(=O)O)CO2. The van der Waals surface area contributed by atoms with Crippen LogP contribution >= 0.6 is 0 Å². The molecular weight excluding hydrogens is 286 g/mol. The first-order chi connectivity index (χ1) is 10.4. The zero-order valence-electron chi connectivity index (χ0n) is 13.0. The Balaban J connectivity index is 2.04. The molecule has 0 aliphatic carbocycles. The Bertz CT molecular complexity index is 572. The fraction of sp³-hybridized carbons (Fsp3) is 0.500. The number of carbonyl (C=O) groups is 2. The average molecular weight is 307 g/mol. The lowest BCUT2D eigenvalue weighted by Gasteiger charge is -2.29. The van der Waals surface area contributed by atoms with Gasteiger partial charge in [0.1, 0.15) is 18.1 Å². The minimum Gasteiger partial charge on any atom is -0.497 e. The second kappa shape index (κ2) is 6.68. The third-order valence-electron chi connectivity index (χ3n) is 3.87. The Hall–Kier alpha value is -2.24. The summed E-state index contributed by atoms with van der Waals surface area (Å²) in [5, 5.41) is 8.93. The third-order valence-corrected chi connectivity index (χ3v) is 3.87. The topological polar surface area (TPSA) is 76.1 Å². The van der Waals surface area contributed by atoms with Crippen LogP contribution in [0, 0.1) is 11.8 Å². The molecule has 1 amide bonds. The Labute approximate surface area is 129 Å². The second-order valence-corrected chi connectivity index (χ2v) is 5.64. The summed E-state index contributed by atoms with van der Waals surface area (Å²) in [5.41, 5.74) is 0.934. The Morgan fingerprint density at radius 3 is 2.86 bits per heavy atom. The molecule has 6 heteroatoms. The zero-order valence-corrected chi connectivity index (χ0v) is 13.0. The number of fused-ring (bicyclic) bond motifs is 1. The van der Waals surface area contributed by atoms with Gasteiger partial charge >= 0.3 is 5.97 Å². The van der Waals surface area contributed by atoms with Gasteiger partial charge in [-0.05, 0) is 30.2 Å². The van der Waals surface area contributed by atoms with E-state index in [1.54, 1.807) is 21.1 Å². The van der Waals surface area contributed by atoms with Crippen molar-refractivity contribution in [2.75, 3.05) is 27.3 Å². The van der Waals surface area contributed by atoms with E-state index in [0.717, 1.165) is 17.1 Å². The number of aliphatic carboxylic acids is 1. The molecule has 0 aromatic heterocycles. The van der Waals surface area contributed by atoms with Gasteiger partial charge in [0.05, 0.1) is 18.9 Å². The number of amides is 1. The van der Waals surface area contributed by atoms with Gasteiger partial charge < -0.3 is 19.5 Å². The van der Waals surface area contributed by atoms with Crippen molar-refractivity contribution in [3.05, 3.63) is 23.8 Å². The molecule has 0 saturated carbocycles. The van der Waals surface area contributed by atoms with Crippen molar-refractivity contribution in [3.8, 4) is 11.5 Å². The van der Waals surface area contributed by atoms with Crippen LogP contribution in [0.4, 0.5) is 0 Å². The molecule has 120 valence electrons. The molecule has 0 radical (unpaired) electrons. The lowest BCUT2D eigenvalue weighted by molar-refractivity contribution is -0.143. The molecule has 1 aromatic carbocycles. The highest BCUT2D eigenvalue weighted by Crippen LogP contribution is 2.31. The molecule has 1 N–H and O–H groups in total. The molecule has 0 saturated heterocycles. The molecule has 6 nitrogen and oxygen atoms in total. The Kier molecular flexibility index (Phi) is 4.90. The van der Waals surface area contributed by atoms with E-state index in [-0.39, 0.29) is 18.4 Å². The Morgan fingerprint density at radius 1 is 1.50 bits per heavy atom. The first-order valence-electron chi connectivity index (χ1n) is 7.20. The van der Waals surface area contributed by atoms with E-state index < -0.39 is 11.9 Å². The first-order valence-corrected chi connectivity index (χ1v) is 7.20. The van der Waals surface area contributed by atoms with Crippen molar-refractivity contribution in [2.45, 2.75) is 13.3 Å². The van der Waals surface area contributed by atoms with Crippen LogP contribution in [-0.4, -0.2) is 49.2 Å². The summed E-state index contributed by atoms with van der Waals surface area (Å²) in [6, 6.07) is 5.53. The molecule has 1 aliphatic heterocycles. The maximum absolute atomic E-state index is 12.4. The van der Waals surface area contributed by atoms with Gasteiger partial charge in [0.2, 0.25) is 5.91 Å². The van der Waals surface area contributed by atoms with E-state index >= 15 is 0 Å². The molecule has 0 fully saturated rings. The highest BCUT2D eigenvalue weighted by atomic mass is 16.5. The van der Waals surface area contributed by atoms with Crippen LogP contribution in [0.15, 0.2) is 18.2 Å². The van der Waals surface area contributed by atoms with Crippen molar-refractivity contribution in [1.29, 1.82) is 0 Å².